The molecule has 2 aromatic carbocycles. The number of fused-ring (bicyclic) bond motifs is 2. The van der Waals surface area contributed by atoms with Gasteiger partial charge in [-0.25, -0.2) is 4.98 Å². The molecule has 0 fully saturated rings. The number of benzene rings is 2. The maximum absolute atomic E-state index is 11.5. The van der Waals surface area contributed by atoms with Crippen LogP contribution in [0.25, 0.3) is 21.8 Å². The van der Waals surface area contributed by atoms with Crippen LogP contribution in [-0.2, 0) is 4.79 Å². The first-order chi connectivity index (χ1) is 12.3. The summed E-state index contributed by atoms with van der Waals surface area (Å²) < 4.78 is 16.2. The van der Waals surface area contributed by atoms with Crippen molar-refractivity contribution >= 4 is 22.9 Å². The Labute approximate surface area is 147 Å². The van der Waals surface area contributed by atoms with Crippen molar-refractivity contribution in [2.45, 2.75) is 0 Å². The first-order valence-electron chi connectivity index (χ1n) is 7.69. The largest absolute Gasteiger partial charge is 0.482 e. The Morgan fingerprint density at radius 1 is 0.960 bits per heavy atom. The minimum atomic E-state index is -0.148. The lowest BCUT2D eigenvalue weighted by atomic mass is 10.1. The average molecular weight is 352 g/mol. The first kappa shape index (κ1) is 14.3. The van der Waals surface area contributed by atoms with Gasteiger partial charge >= 0.3 is 0 Å². The lowest BCUT2D eigenvalue weighted by Gasteiger charge is -2.18. The Morgan fingerprint density at radius 2 is 1.80 bits per heavy atom. The molecule has 3 heterocycles. The van der Waals surface area contributed by atoms with Gasteiger partial charge in [-0.05, 0) is 36.4 Å². The third-order valence-corrected chi connectivity index (χ3v) is 4.92. The average Bonchev–Trinajstić information content (AvgIpc) is 3.29. The molecule has 1 amide bonds. The Hall–Kier alpha value is -3.06. The fourth-order valence-corrected chi connectivity index (χ4v) is 3.64. The molecule has 0 saturated carbocycles. The molecule has 7 heteroatoms. The van der Waals surface area contributed by atoms with Crippen LogP contribution >= 0.6 is 11.3 Å². The Kier molecular flexibility index (Phi) is 3.14. The monoisotopic (exact) mass is 352 g/mol. The summed E-state index contributed by atoms with van der Waals surface area (Å²) in [6.45, 7) is 0.307. The van der Waals surface area contributed by atoms with E-state index in [1.807, 2.05) is 41.8 Å². The summed E-state index contributed by atoms with van der Waals surface area (Å²) in [6, 6.07) is 11.5. The molecule has 0 unspecified atom stereocenters. The highest BCUT2D eigenvalue weighted by Crippen LogP contribution is 2.38. The number of ether oxygens (including phenoxy) is 3. The normalized spacial score (nSPS) is 14.6. The smallest absolute Gasteiger partial charge is 0.262 e. The highest BCUT2D eigenvalue weighted by atomic mass is 32.1. The van der Waals surface area contributed by atoms with Gasteiger partial charge in [-0.2, -0.15) is 0 Å². The summed E-state index contributed by atoms with van der Waals surface area (Å²) in [4.78, 5) is 16.2. The van der Waals surface area contributed by atoms with E-state index in [0.717, 1.165) is 33.3 Å². The minimum Gasteiger partial charge on any atom is -0.482 e. The molecule has 0 radical (unpaired) electrons. The van der Waals surface area contributed by atoms with E-state index in [-0.39, 0.29) is 19.3 Å². The van der Waals surface area contributed by atoms with E-state index >= 15 is 0 Å². The van der Waals surface area contributed by atoms with E-state index < -0.39 is 0 Å². The van der Waals surface area contributed by atoms with Gasteiger partial charge in [0.25, 0.3) is 5.91 Å². The van der Waals surface area contributed by atoms with Crippen LogP contribution in [0.1, 0.15) is 0 Å². The highest BCUT2D eigenvalue weighted by molar-refractivity contribution is 7.13. The predicted molar refractivity (Wildman–Crippen MR) is 93.2 cm³/mol. The van der Waals surface area contributed by atoms with Crippen molar-refractivity contribution in [1.82, 2.24) is 4.98 Å². The van der Waals surface area contributed by atoms with Gasteiger partial charge in [0.15, 0.2) is 18.1 Å². The van der Waals surface area contributed by atoms with Crippen LogP contribution in [0.15, 0.2) is 41.8 Å². The molecule has 124 valence electrons. The van der Waals surface area contributed by atoms with Gasteiger partial charge in [-0.15, -0.1) is 11.3 Å². The number of anilines is 1. The maximum atomic E-state index is 11.5. The molecule has 0 bridgehead atoms. The van der Waals surface area contributed by atoms with Gasteiger partial charge in [-0.3, -0.25) is 4.79 Å². The molecule has 1 aromatic heterocycles. The van der Waals surface area contributed by atoms with E-state index in [1.165, 1.54) is 0 Å². The van der Waals surface area contributed by atoms with Crippen LogP contribution in [0.2, 0.25) is 0 Å². The standard InChI is InChI=1S/C18H12N2O4S/c21-17-7-22-14-3-2-11(5-12(14)19-17)18-20-13(8-25-18)10-1-4-15-16(6-10)24-9-23-15/h1-6,8H,7,9H2,(H,19,21). The first-order valence-corrected chi connectivity index (χ1v) is 8.57. The summed E-state index contributed by atoms with van der Waals surface area (Å²) in [5.41, 5.74) is 3.45. The molecular formula is C18H12N2O4S. The fourth-order valence-electron chi connectivity index (χ4n) is 2.81. The van der Waals surface area contributed by atoms with Crippen molar-refractivity contribution in [3.05, 3.63) is 41.8 Å². The zero-order valence-electron chi connectivity index (χ0n) is 12.9. The molecule has 25 heavy (non-hydrogen) atoms. The molecule has 0 atom stereocenters. The number of carbonyl (C=O) groups is 1. The van der Waals surface area contributed by atoms with E-state index in [2.05, 4.69) is 5.32 Å². The van der Waals surface area contributed by atoms with E-state index in [0.29, 0.717) is 11.4 Å². The minimum absolute atomic E-state index is 0.0534. The Balaban J connectivity index is 1.48. The van der Waals surface area contributed by atoms with E-state index in [1.54, 1.807) is 11.3 Å². The molecular weight excluding hydrogens is 340 g/mol. The second-order valence-electron chi connectivity index (χ2n) is 5.65. The number of aromatic nitrogens is 1. The SMILES string of the molecule is O=C1COc2ccc(-c3nc(-c4ccc5c(c4)OCO5)cs3)cc2N1. The van der Waals surface area contributed by atoms with Crippen LogP contribution in [0.4, 0.5) is 5.69 Å². The second kappa shape index (κ2) is 5.49. The third kappa shape index (κ3) is 2.49. The van der Waals surface area contributed by atoms with Crippen LogP contribution in [0, 0.1) is 0 Å². The van der Waals surface area contributed by atoms with Gasteiger partial charge < -0.3 is 19.5 Å². The van der Waals surface area contributed by atoms with Crippen LogP contribution < -0.4 is 19.5 Å². The van der Waals surface area contributed by atoms with Crippen LogP contribution in [0.3, 0.4) is 0 Å². The molecule has 2 aliphatic rings. The van der Waals surface area contributed by atoms with Gasteiger partial charge in [0, 0.05) is 16.5 Å². The number of nitrogens with zero attached hydrogens (tertiary/aromatic N) is 1. The molecule has 0 aliphatic carbocycles. The fraction of sp³-hybridized carbons (Fsp3) is 0.111. The number of amides is 1. The summed E-state index contributed by atoms with van der Waals surface area (Å²) in [6.07, 6.45) is 0. The van der Waals surface area contributed by atoms with Crippen molar-refractivity contribution in [3.8, 4) is 39.1 Å². The second-order valence-corrected chi connectivity index (χ2v) is 6.51. The summed E-state index contributed by atoms with van der Waals surface area (Å²) in [5.74, 6) is 2.02. The lowest BCUT2D eigenvalue weighted by molar-refractivity contribution is -0.118. The quantitative estimate of drug-likeness (QED) is 0.764. The number of thiazole rings is 1. The van der Waals surface area contributed by atoms with Gasteiger partial charge in [0.1, 0.15) is 10.8 Å². The zero-order chi connectivity index (χ0) is 16.8. The van der Waals surface area contributed by atoms with Gasteiger partial charge in [0.05, 0.1) is 11.4 Å². The van der Waals surface area contributed by atoms with Crippen molar-refractivity contribution in [2.75, 3.05) is 18.7 Å². The molecule has 0 spiro atoms. The summed E-state index contributed by atoms with van der Waals surface area (Å²) in [5, 5.41) is 5.69. The molecule has 6 nitrogen and oxygen atoms in total. The molecule has 2 aliphatic heterocycles. The number of rotatable bonds is 2. The topological polar surface area (TPSA) is 69.7 Å². The van der Waals surface area contributed by atoms with Crippen molar-refractivity contribution in [3.63, 3.8) is 0 Å². The van der Waals surface area contributed by atoms with Crippen LogP contribution in [-0.4, -0.2) is 24.3 Å². The highest BCUT2D eigenvalue weighted by Gasteiger charge is 2.18. The summed E-state index contributed by atoms with van der Waals surface area (Å²) in [7, 11) is 0. The molecule has 0 saturated heterocycles. The van der Waals surface area contributed by atoms with Crippen molar-refractivity contribution in [2.24, 2.45) is 0 Å². The van der Waals surface area contributed by atoms with Crippen LogP contribution in [0.5, 0.6) is 17.2 Å². The molecule has 5 rings (SSSR count). The predicted octanol–water partition coefficient (Wildman–Crippen LogP) is 3.54. The molecule has 1 N–H and O–H groups in total. The third-order valence-electron chi connectivity index (χ3n) is 4.03. The molecule has 3 aromatic rings. The summed E-state index contributed by atoms with van der Waals surface area (Å²) >= 11 is 1.55. The lowest BCUT2D eigenvalue weighted by Crippen LogP contribution is -2.25. The van der Waals surface area contributed by atoms with Crippen molar-refractivity contribution < 1.29 is 19.0 Å². The Bertz CT molecular complexity index is 998. The zero-order valence-corrected chi connectivity index (χ0v) is 13.8. The maximum Gasteiger partial charge on any atom is 0.262 e. The van der Waals surface area contributed by atoms with Gasteiger partial charge in [-0.1, -0.05) is 0 Å². The van der Waals surface area contributed by atoms with Crippen molar-refractivity contribution in [1.29, 1.82) is 0 Å². The number of nitrogens with one attached hydrogen (secondary N) is 1. The van der Waals surface area contributed by atoms with E-state index in [4.69, 9.17) is 19.2 Å². The number of hydrogen-bond acceptors (Lipinski definition) is 6. The van der Waals surface area contributed by atoms with Gasteiger partial charge in [0.2, 0.25) is 6.79 Å². The Morgan fingerprint density at radius 3 is 2.76 bits per heavy atom. The number of hydrogen-bond donors (Lipinski definition) is 1. The number of carbonyl (C=O) groups excluding carboxylic acids is 1. The van der Waals surface area contributed by atoms with E-state index in [9.17, 15) is 4.79 Å².